The topological polar surface area (TPSA) is 72.9 Å². The fraction of sp³-hybridized carbons (Fsp3) is 0.200. The van der Waals surface area contributed by atoms with Crippen molar-refractivity contribution in [3.63, 3.8) is 0 Å². The van der Waals surface area contributed by atoms with E-state index in [1.165, 1.54) is 6.33 Å². The first-order chi connectivity index (χ1) is 8.65. The first kappa shape index (κ1) is 11.0. The highest BCUT2D eigenvalue weighted by Gasteiger charge is 2.12. The number of aryl methyl sites for hydroxylation is 1. The molecule has 0 aliphatic rings. The Labute approximate surface area is 107 Å². The SMILES string of the molecule is Cc1c(Cl)nc2ncnn2c1Nc1cnn(C)c1. The summed E-state index contributed by atoms with van der Waals surface area (Å²) in [5.41, 5.74) is 1.65. The maximum atomic E-state index is 6.07. The molecule has 0 amide bonds. The number of fused-ring (bicyclic) bond motifs is 1. The van der Waals surface area contributed by atoms with Gasteiger partial charge in [0.1, 0.15) is 17.3 Å². The van der Waals surface area contributed by atoms with Gasteiger partial charge in [0.25, 0.3) is 5.78 Å². The van der Waals surface area contributed by atoms with E-state index in [2.05, 4.69) is 25.5 Å². The summed E-state index contributed by atoms with van der Waals surface area (Å²) in [5, 5.41) is 11.8. The molecular formula is C10H10ClN7. The second-order valence-corrected chi connectivity index (χ2v) is 4.23. The Balaban J connectivity index is 2.15. The number of nitrogens with zero attached hydrogens (tertiary/aromatic N) is 6. The number of hydrogen-bond acceptors (Lipinski definition) is 5. The van der Waals surface area contributed by atoms with Crippen LogP contribution in [0.25, 0.3) is 5.78 Å². The van der Waals surface area contributed by atoms with Crippen molar-refractivity contribution in [2.75, 3.05) is 5.32 Å². The molecule has 1 N–H and O–H groups in total. The number of aromatic nitrogens is 6. The van der Waals surface area contributed by atoms with Crippen LogP contribution in [0.4, 0.5) is 11.5 Å². The van der Waals surface area contributed by atoms with Crippen molar-refractivity contribution >= 4 is 28.9 Å². The summed E-state index contributed by atoms with van der Waals surface area (Å²) in [5.74, 6) is 1.19. The van der Waals surface area contributed by atoms with E-state index >= 15 is 0 Å². The van der Waals surface area contributed by atoms with E-state index in [0.29, 0.717) is 10.9 Å². The van der Waals surface area contributed by atoms with Crippen LogP contribution in [0.2, 0.25) is 5.15 Å². The zero-order valence-electron chi connectivity index (χ0n) is 9.79. The van der Waals surface area contributed by atoms with Gasteiger partial charge in [0.2, 0.25) is 0 Å². The van der Waals surface area contributed by atoms with Crippen molar-refractivity contribution in [2.45, 2.75) is 6.92 Å². The van der Waals surface area contributed by atoms with Crippen LogP contribution in [-0.2, 0) is 7.05 Å². The van der Waals surface area contributed by atoms with E-state index in [-0.39, 0.29) is 0 Å². The van der Waals surface area contributed by atoms with Gasteiger partial charge in [-0.05, 0) is 6.92 Å². The summed E-state index contributed by atoms with van der Waals surface area (Å²) < 4.78 is 3.31. The van der Waals surface area contributed by atoms with Crippen molar-refractivity contribution < 1.29 is 0 Å². The van der Waals surface area contributed by atoms with Crippen LogP contribution < -0.4 is 5.32 Å². The monoisotopic (exact) mass is 263 g/mol. The second-order valence-electron chi connectivity index (χ2n) is 3.88. The maximum absolute atomic E-state index is 6.07. The molecule has 0 aromatic carbocycles. The summed E-state index contributed by atoms with van der Waals surface area (Å²) >= 11 is 6.07. The van der Waals surface area contributed by atoms with Gasteiger partial charge in [-0.3, -0.25) is 4.68 Å². The Kier molecular flexibility index (Phi) is 2.41. The summed E-state index contributed by atoms with van der Waals surface area (Å²) in [6, 6.07) is 0. The number of nitrogens with one attached hydrogen (secondary N) is 1. The third-order valence-corrected chi connectivity index (χ3v) is 2.94. The quantitative estimate of drug-likeness (QED) is 0.711. The molecule has 0 atom stereocenters. The van der Waals surface area contributed by atoms with Crippen molar-refractivity contribution in [3.05, 3.63) is 29.4 Å². The predicted octanol–water partition coefficient (Wildman–Crippen LogP) is 1.56. The van der Waals surface area contributed by atoms with Crippen LogP contribution in [-0.4, -0.2) is 29.4 Å². The fourth-order valence-electron chi connectivity index (χ4n) is 1.67. The van der Waals surface area contributed by atoms with Gasteiger partial charge in [0, 0.05) is 18.8 Å². The summed E-state index contributed by atoms with van der Waals surface area (Å²) in [7, 11) is 1.85. The Morgan fingerprint density at radius 3 is 2.89 bits per heavy atom. The normalized spacial score (nSPS) is 11.1. The molecule has 0 saturated heterocycles. The molecule has 3 aromatic rings. The van der Waals surface area contributed by atoms with Crippen LogP contribution >= 0.6 is 11.6 Å². The number of hydrogen-bond donors (Lipinski definition) is 1. The highest BCUT2D eigenvalue weighted by molar-refractivity contribution is 6.30. The molecule has 0 unspecified atom stereocenters. The van der Waals surface area contributed by atoms with Crippen molar-refractivity contribution in [1.82, 2.24) is 29.4 Å². The molecule has 7 nitrogen and oxygen atoms in total. The number of halogens is 1. The lowest BCUT2D eigenvalue weighted by Crippen LogP contribution is -2.04. The maximum Gasteiger partial charge on any atom is 0.255 e. The lowest BCUT2D eigenvalue weighted by Gasteiger charge is -2.09. The molecule has 0 aliphatic heterocycles. The average Bonchev–Trinajstić information content (AvgIpc) is 2.93. The van der Waals surface area contributed by atoms with Gasteiger partial charge < -0.3 is 5.32 Å². The van der Waals surface area contributed by atoms with E-state index in [0.717, 1.165) is 17.1 Å². The zero-order valence-corrected chi connectivity index (χ0v) is 10.5. The summed E-state index contributed by atoms with van der Waals surface area (Å²) in [6.07, 6.45) is 5.01. The predicted molar refractivity (Wildman–Crippen MR) is 67.0 cm³/mol. The highest BCUT2D eigenvalue weighted by Crippen LogP contribution is 2.24. The Morgan fingerprint density at radius 1 is 1.33 bits per heavy atom. The minimum atomic E-state index is 0.405. The van der Waals surface area contributed by atoms with E-state index in [1.54, 1.807) is 15.4 Å². The third kappa shape index (κ3) is 1.68. The van der Waals surface area contributed by atoms with Gasteiger partial charge >= 0.3 is 0 Å². The Morgan fingerprint density at radius 2 is 2.17 bits per heavy atom. The van der Waals surface area contributed by atoms with E-state index in [4.69, 9.17) is 11.6 Å². The molecule has 18 heavy (non-hydrogen) atoms. The molecule has 92 valence electrons. The molecule has 0 fully saturated rings. The summed E-state index contributed by atoms with van der Waals surface area (Å²) in [4.78, 5) is 8.16. The zero-order chi connectivity index (χ0) is 12.7. The Bertz CT molecular complexity index is 714. The van der Waals surface area contributed by atoms with Crippen molar-refractivity contribution in [2.24, 2.45) is 7.05 Å². The van der Waals surface area contributed by atoms with Gasteiger partial charge in [-0.2, -0.15) is 24.7 Å². The lowest BCUT2D eigenvalue weighted by atomic mass is 10.3. The van der Waals surface area contributed by atoms with Crippen LogP contribution in [0.5, 0.6) is 0 Å². The van der Waals surface area contributed by atoms with E-state index in [9.17, 15) is 0 Å². The van der Waals surface area contributed by atoms with Gasteiger partial charge in [0.15, 0.2) is 0 Å². The number of anilines is 2. The molecule has 8 heteroatoms. The lowest BCUT2D eigenvalue weighted by molar-refractivity contribution is 0.768. The molecule has 0 saturated carbocycles. The Hall–Kier alpha value is -2.15. The van der Waals surface area contributed by atoms with Gasteiger partial charge in [-0.25, -0.2) is 0 Å². The smallest absolute Gasteiger partial charge is 0.255 e. The molecule has 3 heterocycles. The molecule has 0 spiro atoms. The molecule has 3 aromatic heterocycles. The minimum Gasteiger partial charge on any atom is -0.337 e. The molecule has 3 rings (SSSR count). The highest BCUT2D eigenvalue weighted by atomic mass is 35.5. The van der Waals surface area contributed by atoms with E-state index < -0.39 is 0 Å². The van der Waals surface area contributed by atoms with Gasteiger partial charge in [0.05, 0.1) is 11.9 Å². The first-order valence-corrected chi connectivity index (χ1v) is 5.64. The first-order valence-electron chi connectivity index (χ1n) is 5.26. The average molecular weight is 264 g/mol. The van der Waals surface area contributed by atoms with Gasteiger partial charge in [-0.1, -0.05) is 11.6 Å². The van der Waals surface area contributed by atoms with Crippen LogP contribution in [0.3, 0.4) is 0 Å². The van der Waals surface area contributed by atoms with Crippen LogP contribution in [0.1, 0.15) is 5.56 Å². The number of rotatable bonds is 2. The van der Waals surface area contributed by atoms with Gasteiger partial charge in [-0.15, -0.1) is 0 Å². The largest absolute Gasteiger partial charge is 0.337 e. The second kappa shape index (κ2) is 3.95. The molecular weight excluding hydrogens is 254 g/mol. The standard InChI is InChI=1S/C10H10ClN7/c1-6-8(11)16-10-12-5-14-18(10)9(6)15-7-3-13-17(2)4-7/h3-5,15H,1-2H3. The third-order valence-electron chi connectivity index (χ3n) is 2.57. The fourth-order valence-corrected chi connectivity index (χ4v) is 1.83. The molecule has 0 bridgehead atoms. The molecule has 0 aliphatic carbocycles. The minimum absolute atomic E-state index is 0.405. The van der Waals surface area contributed by atoms with Crippen LogP contribution in [0, 0.1) is 6.92 Å². The van der Waals surface area contributed by atoms with Crippen molar-refractivity contribution in [1.29, 1.82) is 0 Å². The van der Waals surface area contributed by atoms with E-state index in [1.807, 2.05) is 20.2 Å². The van der Waals surface area contributed by atoms with Crippen LogP contribution in [0.15, 0.2) is 18.7 Å². The summed E-state index contributed by atoms with van der Waals surface area (Å²) in [6.45, 7) is 1.87. The van der Waals surface area contributed by atoms with Crippen molar-refractivity contribution in [3.8, 4) is 0 Å². The molecule has 0 radical (unpaired) electrons.